The fourth-order valence-electron chi connectivity index (χ4n) is 2.54. The molecule has 0 fully saturated rings. The molecule has 146 valence electrons. The summed E-state index contributed by atoms with van der Waals surface area (Å²) in [5, 5.41) is 33.1. The van der Waals surface area contributed by atoms with Crippen LogP contribution in [0.5, 0.6) is 17.2 Å². The van der Waals surface area contributed by atoms with E-state index in [1.54, 1.807) is 24.3 Å². The van der Waals surface area contributed by atoms with Crippen molar-refractivity contribution in [1.82, 2.24) is 5.43 Å². The molecule has 1 amide bonds. The molecule has 0 bridgehead atoms. The molecule has 6 nitrogen and oxygen atoms in total. The molecule has 3 rings (SSSR count). The number of hydrogen-bond acceptors (Lipinski definition) is 5. The van der Waals surface area contributed by atoms with Gasteiger partial charge in [-0.05, 0) is 47.5 Å². The van der Waals surface area contributed by atoms with Crippen LogP contribution in [0, 0.1) is 5.82 Å². The Labute approximate surface area is 165 Å². The summed E-state index contributed by atoms with van der Waals surface area (Å²) in [7, 11) is 0. The van der Waals surface area contributed by atoms with E-state index in [1.807, 2.05) is 0 Å². The van der Waals surface area contributed by atoms with Gasteiger partial charge in [-0.3, -0.25) is 4.79 Å². The van der Waals surface area contributed by atoms with Crippen LogP contribution < -0.4 is 5.43 Å². The fraction of sp³-hybridized carbons (Fsp3) is 0. The molecule has 7 heteroatoms. The lowest BCUT2D eigenvalue weighted by atomic mass is 10.0. The van der Waals surface area contributed by atoms with E-state index >= 15 is 0 Å². The number of carbonyl (C=O) groups excluding carboxylic acids is 1. The highest BCUT2D eigenvalue weighted by molar-refractivity contribution is 5.96. The molecule has 0 aliphatic carbocycles. The van der Waals surface area contributed by atoms with Gasteiger partial charge >= 0.3 is 0 Å². The van der Waals surface area contributed by atoms with Gasteiger partial charge in [0.15, 0.2) is 0 Å². The van der Waals surface area contributed by atoms with Gasteiger partial charge in [-0.1, -0.05) is 30.4 Å². The first kappa shape index (κ1) is 19.6. The van der Waals surface area contributed by atoms with Crippen LogP contribution in [-0.2, 0) is 0 Å². The molecule has 0 aliphatic rings. The molecule has 0 unspecified atom stereocenters. The van der Waals surface area contributed by atoms with E-state index in [-0.39, 0.29) is 28.4 Å². The maximum absolute atomic E-state index is 13.2. The van der Waals surface area contributed by atoms with Crippen LogP contribution >= 0.6 is 0 Å². The monoisotopic (exact) mass is 392 g/mol. The number of amides is 1. The Morgan fingerprint density at radius 3 is 2.41 bits per heavy atom. The zero-order valence-corrected chi connectivity index (χ0v) is 15.1. The first-order valence-corrected chi connectivity index (χ1v) is 8.54. The number of nitrogens with zero attached hydrogens (tertiary/aromatic N) is 1. The Balaban J connectivity index is 1.82. The zero-order chi connectivity index (χ0) is 20.8. The van der Waals surface area contributed by atoms with Gasteiger partial charge in [0.1, 0.15) is 23.1 Å². The van der Waals surface area contributed by atoms with Gasteiger partial charge in [-0.15, -0.1) is 0 Å². The lowest BCUT2D eigenvalue weighted by molar-refractivity contribution is 0.0954. The third kappa shape index (κ3) is 5.20. The summed E-state index contributed by atoms with van der Waals surface area (Å²) in [6.07, 6.45) is 4.58. The number of hydrazone groups is 1. The molecule has 3 aromatic rings. The standard InChI is InChI=1S/C22H17FN2O4/c23-17-3-1-2-16(10-17)22(29)25-24-13-20-15(11-19(27)12-21(20)28)7-4-14-5-8-18(26)9-6-14/h1-13,26-28H,(H,25,29)/b7-4+,24-13-. The molecule has 0 heterocycles. The topological polar surface area (TPSA) is 102 Å². The van der Waals surface area contributed by atoms with Crippen LogP contribution in [0.15, 0.2) is 65.8 Å². The number of phenols is 3. The molecule has 4 N–H and O–H groups in total. The molecule has 0 atom stereocenters. The normalized spacial score (nSPS) is 11.2. The number of halogens is 1. The van der Waals surface area contributed by atoms with E-state index in [9.17, 15) is 24.5 Å². The first-order valence-electron chi connectivity index (χ1n) is 8.54. The quantitative estimate of drug-likeness (QED) is 0.301. The van der Waals surface area contributed by atoms with Crippen molar-refractivity contribution in [3.05, 3.63) is 88.7 Å². The smallest absolute Gasteiger partial charge is 0.271 e. The predicted molar refractivity (Wildman–Crippen MR) is 108 cm³/mol. The van der Waals surface area contributed by atoms with Gasteiger partial charge < -0.3 is 15.3 Å². The molecule has 0 saturated carbocycles. The maximum Gasteiger partial charge on any atom is 0.271 e. The Hall–Kier alpha value is -4.13. The van der Waals surface area contributed by atoms with Gasteiger partial charge in [0, 0.05) is 17.2 Å². The van der Waals surface area contributed by atoms with E-state index in [0.717, 1.165) is 17.7 Å². The maximum atomic E-state index is 13.2. The highest BCUT2D eigenvalue weighted by Gasteiger charge is 2.08. The van der Waals surface area contributed by atoms with E-state index in [2.05, 4.69) is 10.5 Å². The third-order valence-corrected chi connectivity index (χ3v) is 3.97. The lowest BCUT2D eigenvalue weighted by Gasteiger charge is -2.06. The summed E-state index contributed by atoms with van der Waals surface area (Å²) in [5.74, 6) is -1.40. The van der Waals surface area contributed by atoms with E-state index in [4.69, 9.17) is 0 Å². The van der Waals surface area contributed by atoms with Crippen LogP contribution in [0.4, 0.5) is 4.39 Å². The van der Waals surface area contributed by atoms with Crippen LogP contribution in [0.1, 0.15) is 27.0 Å². The minimum atomic E-state index is -0.611. The number of phenolic OH excluding ortho intramolecular Hbond substituents is 3. The van der Waals surface area contributed by atoms with Crippen molar-refractivity contribution in [2.75, 3.05) is 0 Å². The van der Waals surface area contributed by atoms with Crippen LogP contribution in [0.25, 0.3) is 12.2 Å². The molecule has 0 spiro atoms. The summed E-state index contributed by atoms with van der Waals surface area (Å²) >= 11 is 0. The summed E-state index contributed by atoms with van der Waals surface area (Å²) in [6, 6.07) is 14.2. The Morgan fingerprint density at radius 1 is 0.931 bits per heavy atom. The molecule has 0 saturated heterocycles. The average Bonchev–Trinajstić information content (AvgIpc) is 2.69. The highest BCUT2D eigenvalue weighted by atomic mass is 19.1. The van der Waals surface area contributed by atoms with Crippen molar-refractivity contribution in [2.24, 2.45) is 5.10 Å². The minimum Gasteiger partial charge on any atom is -0.508 e. The number of rotatable bonds is 5. The summed E-state index contributed by atoms with van der Waals surface area (Å²) < 4.78 is 13.2. The van der Waals surface area contributed by atoms with E-state index in [0.29, 0.717) is 5.56 Å². The molecule has 3 aromatic carbocycles. The largest absolute Gasteiger partial charge is 0.508 e. The Bertz CT molecular complexity index is 1090. The van der Waals surface area contributed by atoms with E-state index in [1.165, 1.54) is 42.6 Å². The van der Waals surface area contributed by atoms with Gasteiger partial charge in [-0.2, -0.15) is 5.10 Å². The van der Waals surface area contributed by atoms with Crippen LogP contribution in [0.2, 0.25) is 0 Å². The first-order chi connectivity index (χ1) is 13.9. The average molecular weight is 392 g/mol. The minimum absolute atomic E-state index is 0.101. The predicted octanol–water partition coefficient (Wildman–Crippen LogP) is 3.88. The number of carbonyl (C=O) groups is 1. The fourth-order valence-corrected chi connectivity index (χ4v) is 2.54. The van der Waals surface area contributed by atoms with Gasteiger partial charge in [0.25, 0.3) is 5.91 Å². The van der Waals surface area contributed by atoms with Crippen molar-refractivity contribution in [3.63, 3.8) is 0 Å². The van der Waals surface area contributed by atoms with Crippen LogP contribution in [-0.4, -0.2) is 27.4 Å². The summed E-state index contributed by atoms with van der Waals surface area (Å²) in [5.41, 5.74) is 3.85. The second-order valence-corrected chi connectivity index (χ2v) is 6.10. The van der Waals surface area contributed by atoms with Crippen LogP contribution in [0.3, 0.4) is 0 Å². The highest BCUT2D eigenvalue weighted by Crippen LogP contribution is 2.27. The van der Waals surface area contributed by atoms with E-state index < -0.39 is 11.7 Å². The Kier molecular flexibility index (Phi) is 5.89. The molecule has 0 radical (unpaired) electrons. The number of hydrogen-bond donors (Lipinski definition) is 4. The van der Waals surface area contributed by atoms with Crippen molar-refractivity contribution < 1.29 is 24.5 Å². The van der Waals surface area contributed by atoms with Gasteiger partial charge in [0.05, 0.1) is 6.21 Å². The number of nitrogens with one attached hydrogen (secondary N) is 1. The molecular weight excluding hydrogens is 375 g/mol. The van der Waals surface area contributed by atoms with Crippen molar-refractivity contribution in [2.45, 2.75) is 0 Å². The lowest BCUT2D eigenvalue weighted by Crippen LogP contribution is -2.17. The van der Waals surface area contributed by atoms with Crippen molar-refractivity contribution in [3.8, 4) is 17.2 Å². The summed E-state index contributed by atoms with van der Waals surface area (Å²) in [6.45, 7) is 0. The molecule has 0 aromatic heterocycles. The van der Waals surface area contributed by atoms with Crippen molar-refractivity contribution >= 4 is 24.3 Å². The number of benzene rings is 3. The summed E-state index contributed by atoms with van der Waals surface area (Å²) in [4.78, 5) is 12.0. The Morgan fingerprint density at radius 2 is 1.69 bits per heavy atom. The molecule has 29 heavy (non-hydrogen) atoms. The molecule has 0 aliphatic heterocycles. The van der Waals surface area contributed by atoms with Crippen molar-refractivity contribution in [1.29, 1.82) is 0 Å². The third-order valence-electron chi connectivity index (χ3n) is 3.97. The van der Waals surface area contributed by atoms with Gasteiger partial charge in [0.2, 0.25) is 0 Å². The second kappa shape index (κ2) is 8.71. The SMILES string of the molecule is O=C(N/N=C\c1c(O)cc(O)cc1/C=C/c1ccc(O)cc1)c1cccc(F)c1. The molecular formula is C22H17FN2O4. The number of aromatic hydroxyl groups is 3. The van der Waals surface area contributed by atoms with Gasteiger partial charge in [-0.25, -0.2) is 9.82 Å². The second-order valence-electron chi connectivity index (χ2n) is 6.10. The zero-order valence-electron chi connectivity index (χ0n) is 15.1.